The molecule has 2 aromatic rings. The van der Waals surface area contributed by atoms with Gasteiger partial charge in [0.2, 0.25) is 0 Å². The monoisotopic (exact) mass is 289 g/mol. The molecule has 0 aromatic heterocycles. The van der Waals surface area contributed by atoms with Gasteiger partial charge in [-0.2, -0.15) is 0 Å². The minimum absolute atomic E-state index is 0.142. The summed E-state index contributed by atoms with van der Waals surface area (Å²) in [6.45, 7) is 5.06. The third kappa shape index (κ3) is 3.33. The Hall–Kier alpha value is -1.51. The van der Waals surface area contributed by atoms with Gasteiger partial charge in [-0.05, 0) is 48.4 Å². The number of hydrogen-bond donors (Lipinski definition) is 1. The lowest BCUT2D eigenvalue weighted by molar-refractivity contribution is 0.411. The van der Waals surface area contributed by atoms with Crippen LogP contribution in [0.5, 0.6) is 5.75 Å². The minimum Gasteiger partial charge on any atom is -0.496 e. The van der Waals surface area contributed by atoms with E-state index in [0.29, 0.717) is 0 Å². The van der Waals surface area contributed by atoms with Crippen LogP contribution in [0.15, 0.2) is 42.5 Å². The maximum atomic E-state index is 6.11. The Morgan fingerprint density at radius 1 is 1.15 bits per heavy atom. The van der Waals surface area contributed by atoms with Crippen molar-refractivity contribution in [2.75, 3.05) is 13.7 Å². The number of halogens is 1. The van der Waals surface area contributed by atoms with Gasteiger partial charge in [0.05, 0.1) is 13.2 Å². The molecular formula is C17H20ClNO. The lowest BCUT2D eigenvalue weighted by Gasteiger charge is -2.20. The zero-order chi connectivity index (χ0) is 14.5. The van der Waals surface area contributed by atoms with Crippen LogP contribution in [0.25, 0.3) is 0 Å². The van der Waals surface area contributed by atoms with Gasteiger partial charge in [-0.25, -0.2) is 0 Å². The summed E-state index contributed by atoms with van der Waals surface area (Å²) in [6.07, 6.45) is 0. The fraction of sp³-hybridized carbons (Fsp3) is 0.294. The van der Waals surface area contributed by atoms with E-state index < -0.39 is 0 Å². The second-order valence-corrected chi connectivity index (χ2v) is 5.21. The van der Waals surface area contributed by atoms with Gasteiger partial charge in [-0.1, -0.05) is 42.8 Å². The molecule has 1 N–H and O–H groups in total. The maximum absolute atomic E-state index is 6.11. The molecule has 106 valence electrons. The summed E-state index contributed by atoms with van der Waals surface area (Å²) >= 11 is 6.11. The quantitative estimate of drug-likeness (QED) is 0.883. The number of nitrogens with one attached hydrogen (secondary N) is 1. The van der Waals surface area contributed by atoms with Crippen LogP contribution in [0.1, 0.15) is 29.7 Å². The Morgan fingerprint density at radius 2 is 1.90 bits per heavy atom. The van der Waals surface area contributed by atoms with Crippen molar-refractivity contribution in [2.24, 2.45) is 0 Å². The fourth-order valence-corrected chi connectivity index (χ4v) is 2.60. The summed E-state index contributed by atoms with van der Waals surface area (Å²) in [7, 11) is 1.70. The van der Waals surface area contributed by atoms with Crippen molar-refractivity contribution >= 4 is 11.6 Å². The molecule has 3 heteroatoms. The van der Waals surface area contributed by atoms with Crippen LogP contribution < -0.4 is 10.1 Å². The molecule has 0 heterocycles. The Morgan fingerprint density at radius 3 is 2.50 bits per heavy atom. The van der Waals surface area contributed by atoms with Crippen molar-refractivity contribution in [1.82, 2.24) is 5.32 Å². The molecule has 2 aromatic carbocycles. The number of ether oxygens (including phenoxy) is 1. The Bertz CT molecular complexity index is 583. The fourth-order valence-electron chi connectivity index (χ4n) is 2.40. The van der Waals surface area contributed by atoms with Gasteiger partial charge in [-0.15, -0.1) is 0 Å². The smallest absolute Gasteiger partial charge is 0.121 e. The predicted octanol–water partition coefficient (Wildman–Crippen LogP) is 4.36. The molecule has 0 spiro atoms. The summed E-state index contributed by atoms with van der Waals surface area (Å²) in [6, 6.07) is 14.4. The van der Waals surface area contributed by atoms with E-state index in [0.717, 1.165) is 22.9 Å². The van der Waals surface area contributed by atoms with Crippen LogP contribution in [0.3, 0.4) is 0 Å². The SMILES string of the molecule is CCNC(c1cccc(Cl)c1)c1ccc(OC)c(C)c1. The van der Waals surface area contributed by atoms with Gasteiger partial charge in [0.1, 0.15) is 5.75 Å². The zero-order valence-corrected chi connectivity index (χ0v) is 12.9. The summed E-state index contributed by atoms with van der Waals surface area (Å²) in [5.41, 5.74) is 3.52. The molecule has 20 heavy (non-hydrogen) atoms. The standard InChI is InChI=1S/C17H20ClNO/c1-4-19-17(13-6-5-7-15(18)11-13)14-8-9-16(20-3)12(2)10-14/h5-11,17,19H,4H2,1-3H3. The van der Waals surface area contributed by atoms with E-state index in [1.54, 1.807) is 7.11 Å². The molecule has 1 unspecified atom stereocenters. The number of methoxy groups -OCH3 is 1. The third-order valence-electron chi connectivity index (χ3n) is 3.34. The lowest BCUT2D eigenvalue weighted by Crippen LogP contribution is -2.22. The van der Waals surface area contributed by atoms with Crippen LogP contribution >= 0.6 is 11.6 Å². The molecule has 2 rings (SSSR count). The molecule has 1 atom stereocenters. The van der Waals surface area contributed by atoms with Crippen LogP contribution in [-0.2, 0) is 0 Å². The summed E-state index contributed by atoms with van der Waals surface area (Å²) in [4.78, 5) is 0. The van der Waals surface area contributed by atoms with E-state index in [1.165, 1.54) is 11.1 Å². The van der Waals surface area contributed by atoms with E-state index in [9.17, 15) is 0 Å². The molecule has 0 saturated heterocycles. The normalized spacial score (nSPS) is 12.2. The summed E-state index contributed by atoms with van der Waals surface area (Å²) in [5, 5.41) is 4.27. The average molecular weight is 290 g/mol. The molecule has 2 nitrogen and oxygen atoms in total. The number of aryl methyl sites for hydroxylation is 1. The second kappa shape index (κ2) is 6.78. The Kier molecular flexibility index (Phi) is 5.05. The minimum atomic E-state index is 0.142. The van der Waals surface area contributed by atoms with E-state index in [2.05, 4.69) is 37.4 Å². The number of hydrogen-bond acceptors (Lipinski definition) is 2. The highest BCUT2D eigenvalue weighted by Crippen LogP contribution is 2.28. The predicted molar refractivity (Wildman–Crippen MR) is 84.7 cm³/mol. The van der Waals surface area contributed by atoms with Crippen molar-refractivity contribution in [3.05, 3.63) is 64.2 Å². The molecule has 0 radical (unpaired) electrons. The highest BCUT2D eigenvalue weighted by molar-refractivity contribution is 6.30. The Balaban J connectivity index is 2.40. The lowest BCUT2D eigenvalue weighted by atomic mass is 9.97. The Labute approximate surface area is 125 Å². The van der Waals surface area contributed by atoms with Crippen LogP contribution in [0.2, 0.25) is 5.02 Å². The molecule has 0 amide bonds. The summed E-state index contributed by atoms with van der Waals surface area (Å²) in [5.74, 6) is 0.912. The first-order chi connectivity index (χ1) is 9.65. The molecule has 0 aliphatic carbocycles. The van der Waals surface area contributed by atoms with E-state index in [1.807, 2.05) is 24.3 Å². The van der Waals surface area contributed by atoms with Gasteiger partial charge in [-0.3, -0.25) is 0 Å². The van der Waals surface area contributed by atoms with Gasteiger partial charge >= 0.3 is 0 Å². The van der Waals surface area contributed by atoms with Crippen molar-refractivity contribution in [3.63, 3.8) is 0 Å². The molecule has 0 aliphatic rings. The van der Waals surface area contributed by atoms with E-state index in [4.69, 9.17) is 16.3 Å². The molecule has 0 saturated carbocycles. The van der Waals surface area contributed by atoms with Gasteiger partial charge in [0.25, 0.3) is 0 Å². The van der Waals surface area contributed by atoms with Crippen molar-refractivity contribution in [3.8, 4) is 5.75 Å². The van der Waals surface area contributed by atoms with Crippen molar-refractivity contribution < 1.29 is 4.74 Å². The number of rotatable bonds is 5. The average Bonchev–Trinajstić information content (AvgIpc) is 2.44. The van der Waals surface area contributed by atoms with Gasteiger partial charge < -0.3 is 10.1 Å². The first kappa shape index (κ1) is 14.9. The largest absolute Gasteiger partial charge is 0.496 e. The second-order valence-electron chi connectivity index (χ2n) is 4.77. The van der Waals surface area contributed by atoms with Crippen LogP contribution in [0.4, 0.5) is 0 Å². The maximum Gasteiger partial charge on any atom is 0.121 e. The molecule has 0 aliphatic heterocycles. The molecule has 0 fully saturated rings. The summed E-state index contributed by atoms with van der Waals surface area (Å²) < 4.78 is 5.32. The highest BCUT2D eigenvalue weighted by Gasteiger charge is 2.14. The van der Waals surface area contributed by atoms with Gasteiger partial charge in [0.15, 0.2) is 0 Å². The molecule has 0 bridgehead atoms. The first-order valence-corrected chi connectivity index (χ1v) is 7.17. The van der Waals surface area contributed by atoms with Crippen molar-refractivity contribution in [2.45, 2.75) is 19.9 Å². The van der Waals surface area contributed by atoms with E-state index >= 15 is 0 Å². The van der Waals surface area contributed by atoms with E-state index in [-0.39, 0.29) is 6.04 Å². The number of benzene rings is 2. The van der Waals surface area contributed by atoms with Gasteiger partial charge in [0, 0.05) is 5.02 Å². The highest BCUT2D eigenvalue weighted by atomic mass is 35.5. The first-order valence-electron chi connectivity index (χ1n) is 6.79. The van der Waals surface area contributed by atoms with Crippen LogP contribution in [-0.4, -0.2) is 13.7 Å². The van der Waals surface area contributed by atoms with Crippen molar-refractivity contribution in [1.29, 1.82) is 0 Å². The topological polar surface area (TPSA) is 21.3 Å². The zero-order valence-electron chi connectivity index (χ0n) is 12.1. The third-order valence-corrected chi connectivity index (χ3v) is 3.58. The molecular weight excluding hydrogens is 270 g/mol. The van der Waals surface area contributed by atoms with Crippen LogP contribution in [0, 0.1) is 6.92 Å².